The molecule has 1 fully saturated rings. The highest BCUT2D eigenvalue weighted by atomic mass is 16.5. The van der Waals surface area contributed by atoms with Crippen molar-refractivity contribution in [3.8, 4) is 5.75 Å². The predicted molar refractivity (Wildman–Crippen MR) is 117 cm³/mol. The Morgan fingerprint density at radius 1 is 1.10 bits per heavy atom. The molecular formula is C24H27N3O3. The normalized spacial score (nSPS) is 17.0. The summed E-state index contributed by atoms with van der Waals surface area (Å²) in [5, 5.41) is 0.582. The molecule has 1 unspecified atom stereocenters. The first-order chi connectivity index (χ1) is 14.7. The van der Waals surface area contributed by atoms with Gasteiger partial charge in [0.2, 0.25) is 5.91 Å². The highest BCUT2D eigenvalue weighted by Crippen LogP contribution is 2.31. The number of carbonyl (C=O) groups excluding carboxylic acids is 1. The van der Waals surface area contributed by atoms with Crippen LogP contribution in [0.1, 0.15) is 43.7 Å². The Hall–Kier alpha value is -3.15. The van der Waals surface area contributed by atoms with Crippen molar-refractivity contribution in [2.45, 2.75) is 44.7 Å². The number of hydrogen-bond acceptors (Lipinski definition) is 4. The zero-order chi connectivity index (χ0) is 20.9. The molecule has 1 aliphatic heterocycles. The Bertz CT molecular complexity index is 1070. The van der Waals surface area contributed by atoms with Gasteiger partial charge in [-0.2, -0.15) is 0 Å². The lowest BCUT2D eigenvalue weighted by Gasteiger charge is -2.31. The quantitative estimate of drug-likeness (QED) is 0.645. The molecule has 1 amide bonds. The second kappa shape index (κ2) is 9.11. The van der Waals surface area contributed by atoms with Crippen LogP contribution in [-0.4, -0.2) is 34.0 Å². The van der Waals surface area contributed by atoms with Crippen molar-refractivity contribution in [3.05, 3.63) is 70.8 Å². The fourth-order valence-corrected chi connectivity index (χ4v) is 4.20. The van der Waals surface area contributed by atoms with E-state index in [1.165, 1.54) is 0 Å². The van der Waals surface area contributed by atoms with Gasteiger partial charge >= 0.3 is 0 Å². The van der Waals surface area contributed by atoms with Gasteiger partial charge in [-0.25, -0.2) is 4.98 Å². The summed E-state index contributed by atoms with van der Waals surface area (Å²) in [5.41, 5.74) is 1.71. The molecule has 6 nitrogen and oxygen atoms in total. The SMILES string of the molecule is COc1ccc(C2CCCCCN2C(=O)CCn2cnc3ccccc3c2=O)cc1. The highest BCUT2D eigenvalue weighted by molar-refractivity contribution is 5.78. The summed E-state index contributed by atoms with van der Waals surface area (Å²) >= 11 is 0. The van der Waals surface area contributed by atoms with E-state index < -0.39 is 0 Å². The van der Waals surface area contributed by atoms with E-state index in [0.717, 1.165) is 43.5 Å². The number of aromatic nitrogens is 2. The van der Waals surface area contributed by atoms with Gasteiger partial charge in [0, 0.05) is 19.5 Å². The fourth-order valence-electron chi connectivity index (χ4n) is 4.20. The smallest absolute Gasteiger partial charge is 0.261 e. The third-order valence-electron chi connectivity index (χ3n) is 5.87. The van der Waals surface area contributed by atoms with Gasteiger partial charge in [-0.3, -0.25) is 14.2 Å². The van der Waals surface area contributed by atoms with Crippen LogP contribution in [0.25, 0.3) is 10.9 Å². The molecule has 4 rings (SSSR count). The molecule has 1 atom stereocenters. The first kappa shape index (κ1) is 20.1. The molecular weight excluding hydrogens is 378 g/mol. The Labute approximate surface area is 176 Å². The number of amides is 1. The topological polar surface area (TPSA) is 64.4 Å². The first-order valence-electron chi connectivity index (χ1n) is 10.5. The van der Waals surface area contributed by atoms with E-state index >= 15 is 0 Å². The van der Waals surface area contributed by atoms with E-state index in [9.17, 15) is 9.59 Å². The molecule has 30 heavy (non-hydrogen) atoms. The van der Waals surface area contributed by atoms with Crippen molar-refractivity contribution in [1.82, 2.24) is 14.5 Å². The summed E-state index contributed by atoms with van der Waals surface area (Å²) in [7, 11) is 1.65. The maximum absolute atomic E-state index is 13.2. The second-order valence-electron chi connectivity index (χ2n) is 7.74. The minimum atomic E-state index is -0.101. The largest absolute Gasteiger partial charge is 0.497 e. The van der Waals surface area contributed by atoms with Gasteiger partial charge in [0.15, 0.2) is 0 Å². The van der Waals surface area contributed by atoms with Gasteiger partial charge in [-0.05, 0) is 42.7 Å². The molecule has 0 N–H and O–H groups in total. The lowest BCUT2D eigenvalue weighted by molar-refractivity contribution is -0.133. The molecule has 1 saturated heterocycles. The summed E-state index contributed by atoms with van der Waals surface area (Å²) in [6, 6.07) is 15.4. The van der Waals surface area contributed by atoms with Gasteiger partial charge in [-0.15, -0.1) is 0 Å². The van der Waals surface area contributed by atoms with Crippen LogP contribution >= 0.6 is 0 Å². The van der Waals surface area contributed by atoms with Crippen molar-refractivity contribution in [2.75, 3.05) is 13.7 Å². The standard InChI is InChI=1S/C24H27N3O3/c1-30-19-12-10-18(11-13-19)22-9-3-2-6-15-27(22)23(28)14-16-26-17-25-21-8-5-4-7-20(21)24(26)29/h4-5,7-8,10-13,17,22H,2-3,6,9,14-16H2,1H3. The van der Waals surface area contributed by atoms with E-state index in [0.29, 0.717) is 17.4 Å². The molecule has 2 heterocycles. The van der Waals surface area contributed by atoms with Crippen LogP contribution < -0.4 is 10.3 Å². The molecule has 3 aromatic rings. The minimum absolute atomic E-state index is 0.0670. The number of likely N-dealkylation sites (tertiary alicyclic amines) is 1. The Kier molecular flexibility index (Phi) is 6.12. The summed E-state index contributed by atoms with van der Waals surface area (Å²) in [5.74, 6) is 0.895. The molecule has 1 aromatic heterocycles. The van der Waals surface area contributed by atoms with E-state index in [4.69, 9.17) is 4.74 Å². The predicted octanol–water partition coefficient (Wildman–Crippen LogP) is 3.94. The average Bonchev–Trinajstić information content (AvgIpc) is 3.05. The lowest BCUT2D eigenvalue weighted by atomic mass is 10.0. The van der Waals surface area contributed by atoms with Crippen molar-refractivity contribution >= 4 is 16.8 Å². The number of ether oxygens (including phenoxy) is 1. The van der Waals surface area contributed by atoms with Crippen LogP contribution in [0.4, 0.5) is 0 Å². The fraction of sp³-hybridized carbons (Fsp3) is 0.375. The number of para-hydroxylation sites is 1. The molecule has 0 aliphatic carbocycles. The number of nitrogens with zero attached hydrogens (tertiary/aromatic N) is 3. The highest BCUT2D eigenvalue weighted by Gasteiger charge is 2.26. The van der Waals surface area contributed by atoms with Crippen LogP contribution in [0.5, 0.6) is 5.75 Å². The van der Waals surface area contributed by atoms with Crippen molar-refractivity contribution in [2.24, 2.45) is 0 Å². The third kappa shape index (κ3) is 4.22. The number of fused-ring (bicyclic) bond motifs is 1. The van der Waals surface area contributed by atoms with E-state index in [2.05, 4.69) is 4.98 Å². The van der Waals surface area contributed by atoms with Gasteiger partial charge in [0.1, 0.15) is 5.75 Å². The van der Waals surface area contributed by atoms with Crippen LogP contribution in [0.15, 0.2) is 59.7 Å². The van der Waals surface area contributed by atoms with E-state index in [1.807, 2.05) is 47.4 Å². The van der Waals surface area contributed by atoms with Gasteiger partial charge in [0.25, 0.3) is 5.56 Å². The van der Waals surface area contributed by atoms with Crippen molar-refractivity contribution < 1.29 is 9.53 Å². The number of methoxy groups -OCH3 is 1. The number of carbonyl (C=O) groups is 1. The summed E-state index contributed by atoms with van der Waals surface area (Å²) < 4.78 is 6.81. The van der Waals surface area contributed by atoms with Crippen molar-refractivity contribution in [1.29, 1.82) is 0 Å². The van der Waals surface area contributed by atoms with Gasteiger partial charge in [-0.1, -0.05) is 37.1 Å². The maximum Gasteiger partial charge on any atom is 0.261 e. The lowest BCUT2D eigenvalue weighted by Crippen LogP contribution is -2.36. The van der Waals surface area contributed by atoms with Gasteiger partial charge < -0.3 is 9.64 Å². The number of hydrogen-bond donors (Lipinski definition) is 0. The van der Waals surface area contributed by atoms with Crippen LogP contribution in [-0.2, 0) is 11.3 Å². The Morgan fingerprint density at radius 2 is 1.90 bits per heavy atom. The molecule has 156 valence electrons. The van der Waals surface area contributed by atoms with E-state index in [-0.39, 0.29) is 23.9 Å². The monoisotopic (exact) mass is 405 g/mol. The Morgan fingerprint density at radius 3 is 2.70 bits per heavy atom. The zero-order valence-electron chi connectivity index (χ0n) is 17.3. The first-order valence-corrected chi connectivity index (χ1v) is 10.5. The number of benzene rings is 2. The summed E-state index contributed by atoms with van der Waals surface area (Å²) in [6.07, 6.45) is 6.03. The van der Waals surface area contributed by atoms with Crippen molar-refractivity contribution in [3.63, 3.8) is 0 Å². The van der Waals surface area contributed by atoms with Crippen LogP contribution in [0.3, 0.4) is 0 Å². The zero-order valence-corrected chi connectivity index (χ0v) is 17.3. The molecule has 0 spiro atoms. The van der Waals surface area contributed by atoms with Gasteiger partial charge in [0.05, 0.1) is 30.4 Å². The molecule has 0 bridgehead atoms. The molecule has 6 heteroatoms. The number of aryl methyl sites for hydroxylation is 1. The minimum Gasteiger partial charge on any atom is -0.497 e. The molecule has 1 aliphatic rings. The summed E-state index contributed by atoms with van der Waals surface area (Å²) in [6.45, 7) is 1.09. The third-order valence-corrected chi connectivity index (χ3v) is 5.87. The molecule has 0 radical (unpaired) electrons. The van der Waals surface area contributed by atoms with Crippen LogP contribution in [0.2, 0.25) is 0 Å². The molecule has 2 aromatic carbocycles. The maximum atomic E-state index is 13.2. The second-order valence-corrected chi connectivity index (χ2v) is 7.74. The average molecular weight is 405 g/mol. The van der Waals surface area contributed by atoms with E-state index in [1.54, 1.807) is 24.1 Å². The molecule has 0 saturated carbocycles. The number of rotatable bonds is 5. The Balaban J connectivity index is 1.51. The van der Waals surface area contributed by atoms with Crippen LogP contribution in [0, 0.1) is 0 Å². The summed E-state index contributed by atoms with van der Waals surface area (Å²) in [4.78, 5) is 32.2.